The SMILES string of the molecule is Nc1nc(I)cc(C(F)F)c1C=O. The van der Waals surface area contributed by atoms with Gasteiger partial charge in [-0.2, -0.15) is 0 Å². The van der Waals surface area contributed by atoms with E-state index in [0.29, 0.717) is 9.99 Å². The standard InChI is InChI=1S/C7H5F2IN2O/c8-6(9)3-1-5(10)12-7(11)4(3)2-13/h1-2,6H,(H2,11,12). The fourth-order valence-electron chi connectivity index (χ4n) is 0.870. The quantitative estimate of drug-likeness (QED) is 0.516. The Morgan fingerprint density at radius 2 is 2.23 bits per heavy atom. The third kappa shape index (κ3) is 2.11. The van der Waals surface area contributed by atoms with Gasteiger partial charge in [0.25, 0.3) is 6.43 Å². The van der Waals surface area contributed by atoms with Gasteiger partial charge in [-0.1, -0.05) is 0 Å². The third-order valence-corrected chi connectivity index (χ3v) is 1.99. The number of hydrogen-bond acceptors (Lipinski definition) is 3. The van der Waals surface area contributed by atoms with Gasteiger partial charge in [-0.05, 0) is 28.7 Å². The van der Waals surface area contributed by atoms with Crippen molar-refractivity contribution >= 4 is 34.7 Å². The minimum Gasteiger partial charge on any atom is -0.383 e. The number of carbonyl (C=O) groups excluding carboxylic acids is 1. The van der Waals surface area contributed by atoms with Gasteiger partial charge in [0.15, 0.2) is 6.29 Å². The Bertz CT molecular complexity index is 344. The van der Waals surface area contributed by atoms with E-state index in [2.05, 4.69) is 4.98 Å². The maximum atomic E-state index is 12.3. The number of halogens is 3. The van der Waals surface area contributed by atoms with E-state index in [-0.39, 0.29) is 16.9 Å². The van der Waals surface area contributed by atoms with Crippen LogP contribution in [0.1, 0.15) is 22.3 Å². The summed E-state index contributed by atoms with van der Waals surface area (Å²) >= 11 is 1.76. The molecule has 3 nitrogen and oxygen atoms in total. The lowest BCUT2D eigenvalue weighted by molar-refractivity contribution is 0.110. The van der Waals surface area contributed by atoms with Gasteiger partial charge in [0.1, 0.15) is 9.52 Å². The third-order valence-electron chi connectivity index (χ3n) is 1.44. The fraction of sp³-hybridized carbons (Fsp3) is 0.143. The van der Waals surface area contributed by atoms with Crippen LogP contribution in [0.3, 0.4) is 0 Å². The first-order valence-electron chi connectivity index (χ1n) is 3.25. The van der Waals surface area contributed by atoms with Crippen molar-refractivity contribution in [2.45, 2.75) is 6.43 Å². The summed E-state index contributed by atoms with van der Waals surface area (Å²) in [7, 11) is 0. The maximum Gasteiger partial charge on any atom is 0.264 e. The lowest BCUT2D eigenvalue weighted by Gasteiger charge is -2.05. The first-order chi connectivity index (χ1) is 6.06. The summed E-state index contributed by atoms with van der Waals surface area (Å²) in [6.07, 6.45) is -2.42. The van der Waals surface area contributed by atoms with Crippen LogP contribution >= 0.6 is 22.6 Å². The van der Waals surface area contributed by atoms with Crippen LogP contribution in [0.25, 0.3) is 0 Å². The molecule has 0 aliphatic heterocycles. The van der Waals surface area contributed by atoms with Crippen molar-refractivity contribution in [2.24, 2.45) is 0 Å². The molecule has 0 unspecified atom stereocenters. The molecular weight excluding hydrogens is 293 g/mol. The topological polar surface area (TPSA) is 56.0 Å². The lowest BCUT2D eigenvalue weighted by Crippen LogP contribution is -2.03. The van der Waals surface area contributed by atoms with Gasteiger partial charge >= 0.3 is 0 Å². The van der Waals surface area contributed by atoms with Crippen LogP contribution in [0.15, 0.2) is 6.07 Å². The second kappa shape index (κ2) is 3.95. The summed E-state index contributed by atoms with van der Waals surface area (Å²) < 4.78 is 25.0. The van der Waals surface area contributed by atoms with Gasteiger partial charge in [0, 0.05) is 5.56 Å². The van der Waals surface area contributed by atoms with E-state index in [9.17, 15) is 13.6 Å². The normalized spacial score (nSPS) is 10.5. The molecule has 0 saturated carbocycles. The van der Waals surface area contributed by atoms with Gasteiger partial charge in [-0.3, -0.25) is 4.79 Å². The molecule has 1 aromatic heterocycles. The summed E-state index contributed by atoms with van der Waals surface area (Å²) in [6, 6.07) is 1.14. The average Bonchev–Trinajstić information content (AvgIpc) is 2.02. The Morgan fingerprint density at radius 1 is 1.62 bits per heavy atom. The first-order valence-corrected chi connectivity index (χ1v) is 4.33. The molecule has 0 saturated heterocycles. The second-order valence-electron chi connectivity index (χ2n) is 2.25. The Kier molecular flexibility index (Phi) is 3.12. The predicted molar refractivity (Wildman–Crippen MR) is 51.7 cm³/mol. The Balaban J connectivity index is 3.38. The van der Waals surface area contributed by atoms with Crippen molar-refractivity contribution in [1.82, 2.24) is 4.98 Å². The largest absolute Gasteiger partial charge is 0.383 e. The fourth-order valence-corrected chi connectivity index (χ4v) is 1.47. The van der Waals surface area contributed by atoms with Gasteiger partial charge in [0.05, 0.1) is 5.56 Å². The van der Waals surface area contributed by atoms with Crippen molar-refractivity contribution < 1.29 is 13.6 Å². The molecule has 70 valence electrons. The molecule has 0 aliphatic rings. The van der Waals surface area contributed by atoms with Gasteiger partial charge < -0.3 is 5.73 Å². The van der Waals surface area contributed by atoms with E-state index in [1.165, 1.54) is 0 Å². The number of anilines is 1. The number of alkyl halides is 2. The molecule has 0 spiro atoms. The molecule has 0 bridgehead atoms. The molecule has 1 heterocycles. The molecular formula is C7H5F2IN2O. The van der Waals surface area contributed by atoms with Crippen molar-refractivity contribution in [3.8, 4) is 0 Å². The minimum absolute atomic E-state index is 0.155. The average molecular weight is 298 g/mol. The summed E-state index contributed by atoms with van der Waals surface area (Å²) in [5.74, 6) is -0.155. The van der Waals surface area contributed by atoms with E-state index >= 15 is 0 Å². The lowest BCUT2D eigenvalue weighted by atomic mass is 10.1. The second-order valence-corrected chi connectivity index (χ2v) is 3.36. The zero-order valence-electron chi connectivity index (χ0n) is 6.30. The van der Waals surface area contributed by atoms with Crippen LogP contribution in [0.2, 0.25) is 0 Å². The molecule has 2 N–H and O–H groups in total. The Hall–Kier alpha value is -0.790. The van der Waals surface area contributed by atoms with Gasteiger partial charge in [-0.25, -0.2) is 13.8 Å². The highest BCUT2D eigenvalue weighted by Gasteiger charge is 2.16. The summed E-state index contributed by atoms with van der Waals surface area (Å²) in [5.41, 5.74) is 4.69. The number of hydrogen-bond donors (Lipinski definition) is 1. The predicted octanol–water partition coefficient (Wildman–Crippen LogP) is 2.02. The Labute approximate surface area is 86.5 Å². The summed E-state index contributed by atoms with van der Waals surface area (Å²) in [4.78, 5) is 14.1. The molecule has 0 radical (unpaired) electrons. The number of nitrogen functional groups attached to an aromatic ring is 1. The Morgan fingerprint density at radius 3 is 2.69 bits per heavy atom. The van der Waals surface area contributed by atoms with E-state index in [0.717, 1.165) is 6.07 Å². The molecule has 0 aliphatic carbocycles. The van der Waals surface area contributed by atoms with Gasteiger partial charge in [0.2, 0.25) is 0 Å². The van der Waals surface area contributed by atoms with E-state index in [4.69, 9.17) is 5.73 Å². The van der Waals surface area contributed by atoms with Crippen molar-refractivity contribution in [3.05, 3.63) is 20.9 Å². The summed E-state index contributed by atoms with van der Waals surface area (Å²) in [5, 5.41) is 0. The van der Waals surface area contributed by atoms with Crippen LogP contribution in [0.5, 0.6) is 0 Å². The van der Waals surface area contributed by atoms with Crippen LogP contribution < -0.4 is 5.73 Å². The molecule has 0 atom stereocenters. The van der Waals surface area contributed by atoms with Crippen LogP contribution in [0.4, 0.5) is 14.6 Å². The monoisotopic (exact) mass is 298 g/mol. The molecule has 6 heteroatoms. The molecule has 0 amide bonds. The molecule has 1 aromatic rings. The number of rotatable bonds is 2. The number of nitrogens with two attached hydrogens (primary N) is 1. The zero-order valence-corrected chi connectivity index (χ0v) is 8.46. The van der Waals surface area contributed by atoms with E-state index in [1.807, 2.05) is 0 Å². The van der Waals surface area contributed by atoms with Crippen molar-refractivity contribution in [2.75, 3.05) is 5.73 Å². The molecule has 0 aromatic carbocycles. The molecule has 13 heavy (non-hydrogen) atoms. The summed E-state index contributed by atoms with van der Waals surface area (Å²) in [6.45, 7) is 0. The van der Waals surface area contributed by atoms with Crippen molar-refractivity contribution in [1.29, 1.82) is 0 Å². The first kappa shape index (κ1) is 10.3. The minimum atomic E-state index is -2.71. The zero-order chi connectivity index (χ0) is 10.0. The van der Waals surface area contributed by atoms with E-state index in [1.54, 1.807) is 22.6 Å². The van der Waals surface area contributed by atoms with Crippen LogP contribution in [-0.4, -0.2) is 11.3 Å². The van der Waals surface area contributed by atoms with E-state index < -0.39 is 6.43 Å². The molecule has 0 fully saturated rings. The van der Waals surface area contributed by atoms with Crippen LogP contribution in [-0.2, 0) is 0 Å². The number of pyridine rings is 1. The maximum absolute atomic E-state index is 12.3. The highest BCUT2D eigenvalue weighted by atomic mass is 127. The number of aromatic nitrogens is 1. The number of aldehydes is 1. The smallest absolute Gasteiger partial charge is 0.264 e. The number of nitrogens with zero attached hydrogens (tertiary/aromatic N) is 1. The van der Waals surface area contributed by atoms with Crippen LogP contribution in [0, 0.1) is 3.70 Å². The highest BCUT2D eigenvalue weighted by molar-refractivity contribution is 14.1. The van der Waals surface area contributed by atoms with Gasteiger partial charge in [-0.15, -0.1) is 0 Å². The highest BCUT2D eigenvalue weighted by Crippen LogP contribution is 2.25. The number of carbonyl (C=O) groups is 1. The van der Waals surface area contributed by atoms with Crippen molar-refractivity contribution in [3.63, 3.8) is 0 Å². The molecule has 1 rings (SSSR count).